The Morgan fingerprint density at radius 3 is 2.92 bits per heavy atom. The van der Waals surface area contributed by atoms with Crippen LogP contribution in [-0.2, 0) is 25.7 Å². The smallest absolute Gasteiger partial charge is 0.318 e. The van der Waals surface area contributed by atoms with E-state index in [-0.39, 0.29) is 37.9 Å². The number of rotatable bonds is 6. The highest BCUT2D eigenvalue weighted by Gasteiger charge is 2.54. The number of aliphatic carboxylic acids is 1. The highest BCUT2D eigenvalue weighted by atomic mass is 16.5. The van der Waals surface area contributed by atoms with Gasteiger partial charge in [-0.1, -0.05) is 6.08 Å². The molecule has 26 heavy (non-hydrogen) atoms. The molecule has 2 aliphatic rings. The van der Waals surface area contributed by atoms with Crippen molar-refractivity contribution in [2.75, 3.05) is 6.61 Å². The van der Waals surface area contributed by atoms with Gasteiger partial charge in [-0.3, -0.25) is 14.4 Å². The number of fused-ring (bicyclic) bond motifs is 1. The second kappa shape index (κ2) is 7.35. The number of furan rings is 1. The summed E-state index contributed by atoms with van der Waals surface area (Å²) in [7, 11) is 0. The molecule has 2 atom stereocenters. The van der Waals surface area contributed by atoms with Crippen molar-refractivity contribution in [1.82, 2.24) is 4.90 Å². The molecule has 140 valence electrons. The third kappa shape index (κ3) is 3.25. The maximum Gasteiger partial charge on any atom is 0.318 e. The van der Waals surface area contributed by atoms with Crippen LogP contribution in [0.2, 0.25) is 0 Å². The second-order valence-corrected chi connectivity index (χ2v) is 6.79. The molecular formula is C19H23NO6. The van der Waals surface area contributed by atoms with E-state index < -0.39 is 17.3 Å². The fourth-order valence-corrected chi connectivity index (χ4v) is 4.04. The van der Waals surface area contributed by atoms with Gasteiger partial charge >= 0.3 is 11.9 Å². The predicted molar refractivity (Wildman–Crippen MR) is 90.6 cm³/mol. The molecule has 0 spiro atoms. The van der Waals surface area contributed by atoms with Crippen LogP contribution in [0.4, 0.5) is 0 Å². The lowest BCUT2D eigenvalue weighted by Crippen LogP contribution is -2.53. The van der Waals surface area contributed by atoms with Gasteiger partial charge in [0.2, 0.25) is 5.91 Å². The largest absolute Gasteiger partial charge is 0.481 e. The van der Waals surface area contributed by atoms with Gasteiger partial charge < -0.3 is 19.2 Å². The van der Waals surface area contributed by atoms with Crippen molar-refractivity contribution >= 4 is 17.8 Å². The maximum absolute atomic E-state index is 13.0. The molecule has 1 amide bonds. The van der Waals surface area contributed by atoms with E-state index in [1.165, 1.54) is 11.2 Å². The summed E-state index contributed by atoms with van der Waals surface area (Å²) >= 11 is 0. The molecule has 3 rings (SSSR count). The quantitative estimate of drug-likeness (QED) is 0.783. The van der Waals surface area contributed by atoms with E-state index in [2.05, 4.69) is 0 Å². The molecule has 1 aliphatic carbocycles. The number of piperidine rings is 1. The Morgan fingerprint density at radius 2 is 2.27 bits per heavy atom. The summed E-state index contributed by atoms with van der Waals surface area (Å²) in [4.78, 5) is 38.7. The Morgan fingerprint density at radius 1 is 1.46 bits per heavy atom. The Bertz CT molecular complexity index is 722. The summed E-state index contributed by atoms with van der Waals surface area (Å²) < 4.78 is 10.7. The summed E-state index contributed by atoms with van der Waals surface area (Å²) in [6.45, 7) is 2.16. The van der Waals surface area contributed by atoms with Gasteiger partial charge in [0.05, 0.1) is 31.8 Å². The monoisotopic (exact) mass is 361 g/mol. The normalized spacial score (nSPS) is 25.4. The van der Waals surface area contributed by atoms with E-state index >= 15 is 0 Å². The minimum Gasteiger partial charge on any atom is -0.481 e. The van der Waals surface area contributed by atoms with E-state index in [9.17, 15) is 19.5 Å². The van der Waals surface area contributed by atoms with Crippen LogP contribution in [0.15, 0.2) is 34.6 Å². The molecular weight excluding hydrogens is 338 g/mol. The number of hydrogen-bond donors (Lipinski definition) is 1. The molecule has 0 bridgehead atoms. The van der Waals surface area contributed by atoms with E-state index in [1.807, 2.05) is 6.08 Å². The molecule has 0 radical (unpaired) electrons. The third-order valence-corrected chi connectivity index (χ3v) is 5.12. The molecule has 1 saturated heterocycles. The van der Waals surface area contributed by atoms with E-state index in [4.69, 9.17) is 9.15 Å². The highest BCUT2D eigenvalue weighted by molar-refractivity contribution is 5.91. The Labute approximate surface area is 151 Å². The highest BCUT2D eigenvalue weighted by Crippen LogP contribution is 2.50. The van der Waals surface area contributed by atoms with Crippen LogP contribution in [0, 0.1) is 11.3 Å². The fraction of sp³-hybridized carbons (Fsp3) is 0.526. The minimum atomic E-state index is -1.05. The summed E-state index contributed by atoms with van der Waals surface area (Å²) in [5, 5.41) is 9.23. The van der Waals surface area contributed by atoms with Crippen LogP contribution < -0.4 is 0 Å². The fourth-order valence-electron chi connectivity index (χ4n) is 4.04. The molecule has 0 unspecified atom stereocenters. The lowest BCUT2D eigenvalue weighted by Gasteiger charge is -2.47. The molecule has 1 fully saturated rings. The summed E-state index contributed by atoms with van der Waals surface area (Å²) in [5.74, 6) is -1.89. The first-order chi connectivity index (χ1) is 12.5. The van der Waals surface area contributed by atoms with Crippen molar-refractivity contribution in [2.24, 2.45) is 11.3 Å². The van der Waals surface area contributed by atoms with Gasteiger partial charge in [-0.05, 0) is 44.7 Å². The van der Waals surface area contributed by atoms with Gasteiger partial charge in [-0.25, -0.2) is 0 Å². The maximum atomic E-state index is 13.0. The van der Waals surface area contributed by atoms with Crippen molar-refractivity contribution in [1.29, 1.82) is 0 Å². The molecule has 1 aliphatic heterocycles. The van der Waals surface area contributed by atoms with Gasteiger partial charge in [-0.2, -0.15) is 0 Å². The van der Waals surface area contributed by atoms with Gasteiger partial charge in [-0.15, -0.1) is 0 Å². The number of carboxylic acid groups (broad SMARTS) is 1. The number of ether oxygens (including phenoxy) is 1. The van der Waals surface area contributed by atoms with Crippen molar-refractivity contribution in [2.45, 2.75) is 45.6 Å². The molecule has 1 aromatic rings. The van der Waals surface area contributed by atoms with Crippen LogP contribution in [0.25, 0.3) is 0 Å². The average Bonchev–Trinajstić information content (AvgIpc) is 3.11. The Hall–Kier alpha value is -2.57. The lowest BCUT2D eigenvalue weighted by atomic mass is 9.66. The second-order valence-electron chi connectivity index (χ2n) is 6.79. The van der Waals surface area contributed by atoms with Crippen molar-refractivity contribution < 1.29 is 28.6 Å². The van der Waals surface area contributed by atoms with Crippen molar-refractivity contribution in [3.05, 3.63) is 35.9 Å². The average molecular weight is 361 g/mol. The molecule has 0 saturated carbocycles. The van der Waals surface area contributed by atoms with E-state index in [0.717, 1.165) is 12.8 Å². The molecule has 7 heteroatoms. The number of allylic oxidation sites excluding steroid dienone is 1. The standard InChI is InChI=1S/C19H23NO6/c1-2-25-18(24)19-8-4-3-7-15(19)20(12-14-6-5-9-26-14)17(23)13(11-19)10-16(21)22/h5-7,9,13H,2-4,8,10-12H2,1H3,(H,21,22)/t13-,19-/m0/s1. The topological polar surface area (TPSA) is 97.0 Å². The van der Waals surface area contributed by atoms with E-state index in [1.54, 1.807) is 19.1 Å². The number of nitrogens with zero attached hydrogens (tertiary/aromatic N) is 1. The van der Waals surface area contributed by atoms with Gasteiger partial charge in [0, 0.05) is 5.70 Å². The van der Waals surface area contributed by atoms with Gasteiger partial charge in [0.15, 0.2) is 0 Å². The number of carbonyl (C=O) groups excluding carboxylic acids is 2. The first-order valence-electron chi connectivity index (χ1n) is 8.91. The first-order valence-corrected chi connectivity index (χ1v) is 8.91. The van der Waals surface area contributed by atoms with Crippen LogP contribution in [0.5, 0.6) is 0 Å². The number of hydrogen-bond acceptors (Lipinski definition) is 5. The SMILES string of the molecule is CCOC(=O)[C@]12CCCC=C1N(Cc1ccco1)C(=O)[C@@H](CC(=O)O)C2. The third-order valence-electron chi connectivity index (χ3n) is 5.12. The summed E-state index contributed by atoms with van der Waals surface area (Å²) in [6, 6.07) is 3.48. The molecule has 7 nitrogen and oxygen atoms in total. The van der Waals surface area contributed by atoms with Gasteiger partial charge in [0.25, 0.3) is 0 Å². The Balaban J connectivity index is 2.02. The number of carbonyl (C=O) groups is 3. The number of likely N-dealkylation sites (tertiary alicyclic amines) is 1. The molecule has 2 heterocycles. The minimum absolute atomic E-state index is 0.176. The predicted octanol–water partition coefficient (Wildman–Crippen LogP) is 2.72. The van der Waals surface area contributed by atoms with Crippen LogP contribution in [0.1, 0.15) is 44.8 Å². The van der Waals surface area contributed by atoms with Crippen LogP contribution >= 0.6 is 0 Å². The lowest BCUT2D eigenvalue weighted by molar-refractivity contribution is -0.163. The number of amides is 1. The molecule has 1 aromatic heterocycles. The first kappa shape index (κ1) is 18.2. The molecule has 1 N–H and O–H groups in total. The van der Waals surface area contributed by atoms with Crippen LogP contribution in [0.3, 0.4) is 0 Å². The number of carboxylic acids is 1. The zero-order valence-electron chi connectivity index (χ0n) is 14.8. The van der Waals surface area contributed by atoms with Gasteiger partial charge in [0.1, 0.15) is 11.2 Å². The zero-order valence-corrected chi connectivity index (χ0v) is 14.8. The Kier molecular flexibility index (Phi) is 5.15. The zero-order chi connectivity index (χ0) is 18.7. The van der Waals surface area contributed by atoms with E-state index in [0.29, 0.717) is 17.9 Å². The van der Waals surface area contributed by atoms with Crippen molar-refractivity contribution in [3.63, 3.8) is 0 Å². The number of esters is 1. The summed E-state index contributed by atoms with van der Waals surface area (Å²) in [5.41, 5.74) is -0.334. The van der Waals surface area contributed by atoms with Crippen molar-refractivity contribution in [3.8, 4) is 0 Å². The molecule has 0 aromatic carbocycles. The van der Waals surface area contributed by atoms with Crippen LogP contribution in [-0.4, -0.2) is 34.5 Å². The summed E-state index contributed by atoms with van der Waals surface area (Å²) in [6.07, 6.45) is 5.42.